The average molecular weight is 256 g/mol. The lowest BCUT2D eigenvalue weighted by molar-refractivity contribution is 1.26. The smallest absolute Gasteiger partial charge is 0.0276 e. The van der Waals surface area contributed by atoms with Crippen LogP contribution in [0.2, 0.25) is 0 Å². The number of fused-ring (bicyclic) bond motifs is 3. The minimum absolute atomic E-state index is 0.896. The van der Waals surface area contributed by atoms with Crippen molar-refractivity contribution < 1.29 is 0 Å². The molecule has 0 N–H and O–H groups in total. The molecule has 96 valence electrons. The number of hydrogen-bond donors (Lipinski definition) is 0. The van der Waals surface area contributed by atoms with Gasteiger partial charge in [-0.15, -0.1) is 0 Å². The lowest BCUT2D eigenvalue weighted by Gasteiger charge is -1.98. The SMILES string of the molecule is C1#CCC=CC=C1.c1ccc2c(c1)Cc1ccccc1-2. The fourth-order valence-electron chi connectivity index (χ4n) is 2.51. The molecular weight excluding hydrogens is 240 g/mol. The van der Waals surface area contributed by atoms with Gasteiger partial charge in [0.25, 0.3) is 0 Å². The monoisotopic (exact) mass is 256 g/mol. The molecule has 20 heavy (non-hydrogen) atoms. The third kappa shape index (κ3) is 2.73. The van der Waals surface area contributed by atoms with Crippen molar-refractivity contribution in [2.45, 2.75) is 12.8 Å². The lowest BCUT2D eigenvalue weighted by atomic mass is 10.1. The summed E-state index contributed by atoms with van der Waals surface area (Å²) in [6, 6.07) is 17.3. The zero-order chi connectivity index (χ0) is 13.6. The van der Waals surface area contributed by atoms with Crippen LogP contribution in [0.4, 0.5) is 0 Å². The van der Waals surface area contributed by atoms with E-state index in [0.29, 0.717) is 0 Å². The van der Waals surface area contributed by atoms with Crippen LogP contribution in [0.5, 0.6) is 0 Å². The van der Waals surface area contributed by atoms with E-state index in [-0.39, 0.29) is 0 Å². The highest BCUT2D eigenvalue weighted by molar-refractivity contribution is 5.76. The molecule has 0 fully saturated rings. The molecule has 0 bridgehead atoms. The molecule has 0 aromatic heterocycles. The molecule has 0 heteroatoms. The fraction of sp³-hybridized carbons (Fsp3) is 0.100. The van der Waals surface area contributed by atoms with Crippen molar-refractivity contribution in [1.29, 1.82) is 0 Å². The van der Waals surface area contributed by atoms with Crippen molar-refractivity contribution >= 4 is 0 Å². The van der Waals surface area contributed by atoms with E-state index in [2.05, 4.69) is 60.4 Å². The third-order valence-corrected chi connectivity index (χ3v) is 3.45. The molecule has 0 radical (unpaired) electrons. The van der Waals surface area contributed by atoms with Gasteiger partial charge in [0, 0.05) is 6.42 Å². The molecule has 2 aromatic rings. The molecule has 2 aliphatic rings. The Morgan fingerprint density at radius 2 is 1.40 bits per heavy atom. The van der Waals surface area contributed by atoms with Gasteiger partial charge in [-0.25, -0.2) is 0 Å². The first-order valence-corrected chi connectivity index (χ1v) is 6.91. The molecule has 0 nitrogen and oxygen atoms in total. The first-order valence-electron chi connectivity index (χ1n) is 6.91. The van der Waals surface area contributed by atoms with Crippen LogP contribution in [0.1, 0.15) is 17.5 Å². The maximum absolute atomic E-state index is 2.92. The Hall–Kier alpha value is -2.52. The largest absolute Gasteiger partial charge is 0.0944 e. The quantitative estimate of drug-likeness (QED) is 0.508. The zero-order valence-electron chi connectivity index (χ0n) is 11.3. The molecule has 0 atom stereocenters. The number of hydrogen-bond acceptors (Lipinski definition) is 0. The van der Waals surface area contributed by atoms with Crippen LogP contribution < -0.4 is 0 Å². The maximum atomic E-state index is 2.92. The fourth-order valence-corrected chi connectivity index (χ4v) is 2.51. The molecule has 0 saturated carbocycles. The Balaban J connectivity index is 0.000000147. The van der Waals surface area contributed by atoms with E-state index in [9.17, 15) is 0 Å². The van der Waals surface area contributed by atoms with Gasteiger partial charge in [0.2, 0.25) is 0 Å². The summed E-state index contributed by atoms with van der Waals surface area (Å²) < 4.78 is 0. The molecule has 0 saturated heterocycles. The summed E-state index contributed by atoms with van der Waals surface area (Å²) in [7, 11) is 0. The van der Waals surface area contributed by atoms with Crippen LogP contribution in [0.15, 0.2) is 72.8 Å². The first kappa shape index (κ1) is 12.5. The van der Waals surface area contributed by atoms with Gasteiger partial charge in [-0.1, -0.05) is 78.6 Å². The number of benzene rings is 2. The Morgan fingerprint density at radius 1 is 0.750 bits per heavy atom. The lowest BCUT2D eigenvalue weighted by Crippen LogP contribution is -1.77. The Kier molecular flexibility index (Phi) is 3.80. The molecule has 0 heterocycles. The molecule has 0 aliphatic heterocycles. The van der Waals surface area contributed by atoms with E-state index < -0.39 is 0 Å². The van der Waals surface area contributed by atoms with E-state index in [1.165, 1.54) is 22.3 Å². The second kappa shape index (κ2) is 6.08. The minimum Gasteiger partial charge on any atom is -0.0944 e. The summed E-state index contributed by atoms with van der Waals surface area (Å²) in [5.41, 5.74) is 5.75. The van der Waals surface area contributed by atoms with Crippen LogP contribution in [0.3, 0.4) is 0 Å². The van der Waals surface area contributed by atoms with E-state index in [1.54, 1.807) is 0 Å². The topological polar surface area (TPSA) is 0 Å². The predicted molar refractivity (Wildman–Crippen MR) is 85.4 cm³/mol. The summed E-state index contributed by atoms with van der Waals surface area (Å²) >= 11 is 0. The van der Waals surface area contributed by atoms with Crippen molar-refractivity contribution in [2.24, 2.45) is 0 Å². The van der Waals surface area contributed by atoms with E-state index in [0.717, 1.165) is 12.8 Å². The second-order valence-electron chi connectivity index (χ2n) is 4.80. The van der Waals surface area contributed by atoms with Crippen LogP contribution in [0.25, 0.3) is 11.1 Å². The highest BCUT2D eigenvalue weighted by Gasteiger charge is 2.15. The Morgan fingerprint density at radius 3 is 2.10 bits per heavy atom. The maximum Gasteiger partial charge on any atom is 0.0276 e. The van der Waals surface area contributed by atoms with Gasteiger partial charge >= 0.3 is 0 Å². The molecular formula is C20H16. The molecule has 2 aliphatic carbocycles. The van der Waals surface area contributed by atoms with E-state index in [1.807, 2.05) is 24.3 Å². The second-order valence-corrected chi connectivity index (χ2v) is 4.80. The molecule has 0 unspecified atom stereocenters. The van der Waals surface area contributed by atoms with Gasteiger partial charge in [-0.2, -0.15) is 0 Å². The predicted octanol–water partition coefficient (Wildman–Crippen LogP) is 4.76. The highest BCUT2D eigenvalue weighted by atomic mass is 14.2. The average Bonchev–Trinajstić information content (AvgIpc) is 2.68. The van der Waals surface area contributed by atoms with Crippen molar-refractivity contribution in [3.63, 3.8) is 0 Å². The molecule has 0 spiro atoms. The van der Waals surface area contributed by atoms with Crippen molar-refractivity contribution in [3.8, 4) is 23.0 Å². The van der Waals surface area contributed by atoms with Gasteiger partial charge in [0.1, 0.15) is 0 Å². The Labute approximate surface area is 120 Å². The normalized spacial score (nSPS) is 13.2. The minimum atomic E-state index is 0.896. The Bertz CT molecular complexity index is 677. The van der Waals surface area contributed by atoms with Crippen LogP contribution in [-0.4, -0.2) is 0 Å². The summed E-state index contributed by atoms with van der Waals surface area (Å²) in [6.45, 7) is 0. The van der Waals surface area contributed by atoms with Gasteiger partial charge in [-0.05, 0) is 34.8 Å². The van der Waals surface area contributed by atoms with Crippen LogP contribution in [0, 0.1) is 11.8 Å². The molecule has 2 aromatic carbocycles. The van der Waals surface area contributed by atoms with Gasteiger partial charge in [-0.3, -0.25) is 0 Å². The van der Waals surface area contributed by atoms with Gasteiger partial charge in [0.05, 0.1) is 0 Å². The molecule has 0 amide bonds. The van der Waals surface area contributed by atoms with Crippen LogP contribution in [-0.2, 0) is 6.42 Å². The van der Waals surface area contributed by atoms with Crippen molar-refractivity contribution in [3.05, 3.63) is 84.0 Å². The number of rotatable bonds is 0. The standard InChI is InChI=1S/C13H10.C7H6/c1-3-7-12-10(5-1)9-11-6-2-4-8-13(11)12;1-2-4-6-7-5-3-1/h1-8H,9H2;1-4H,5H2. The van der Waals surface area contributed by atoms with Crippen molar-refractivity contribution in [1.82, 2.24) is 0 Å². The van der Waals surface area contributed by atoms with E-state index in [4.69, 9.17) is 0 Å². The number of allylic oxidation sites excluding steroid dienone is 4. The van der Waals surface area contributed by atoms with Gasteiger partial charge < -0.3 is 0 Å². The van der Waals surface area contributed by atoms with E-state index >= 15 is 0 Å². The summed E-state index contributed by atoms with van der Waals surface area (Å²) in [5.74, 6) is 5.78. The third-order valence-electron chi connectivity index (χ3n) is 3.45. The van der Waals surface area contributed by atoms with Gasteiger partial charge in [0.15, 0.2) is 0 Å². The van der Waals surface area contributed by atoms with Crippen molar-refractivity contribution in [2.75, 3.05) is 0 Å². The molecule has 4 rings (SSSR count). The summed E-state index contributed by atoms with van der Waals surface area (Å²) in [4.78, 5) is 0. The van der Waals surface area contributed by atoms with Crippen LogP contribution >= 0.6 is 0 Å². The summed E-state index contributed by atoms with van der Waals surface area (Å²) in [6.07, 6.45) is 9.83. The first-order chi connectivity index (χ1) is 9.95. The summed E-state index contributed by atoms with van der Waals surface area (Å²) in [5, 5.41) is 0. The zero-order valence-corrected chi connectivity index (χ0v) is 11.3. The highest BCUT2D eigenvalue weighted by Crippen LogP contribution is 2.35.